The van der Waals surface area contributed by atoms with E-state index in [0.717, 1.165) is 0 Å². The standard InChI is InChI=1S/C11H10F3N3O/c12-11(13,14)6-5-9-16-10(18-17-9)7-3-1-2-4-8(7)15/h1-4H,5-6,15H2. The van der Waals surface area contributed by atoms with E-state index < -0.39 is 12.6 Å². The summed E-state index contributed by atoms with van der Waals surface area (Å²) < 4.78 is 41.0. The highest BCUT2D eigenvalue weighted by Gasteiger charge is 2.27. The van der Waals surface area contributed by atoms with Crippen LogP contribution in [0.15, 0.2) is 28.8 Å². The molecular formula is C11H10F3N3O. The first-order valence-electron chi connectivity index (χ1n) is 5.20. The van der Waals surface area contributed by atoms with Crippen LogP contribution in [0, 0.1) is 0 Å². The average Bonchev–Trinajstić information content (AvgIpc) is 2.75. The SMILES string of the molecule is Nc1ccccc1-c1nc(CCC(F)(F)F)no1. The fourth-order valence-electron chi connectivity index (χ4n) is 1.41. The minimum atomic E-state index is -4.23. The van der Waals surface area contributed by atoms with Gasteiger partial charge in [0, 0.05) is 12.1 Å². The number of benzene rings is 1. The lowest BCUT2D eigenvalue weighted by atomic mass is 10.2. The van der Waals surface area contributed by atoms with Crippen molar-refractivity contribution in [3.63, 3.8) is 0 Å². The number of alkyl halides is 3. The molecule has 4 nitrogen and oxygen atoms in total. The molecule has 0 unspecified atom stereocenters. The normalized spacial score (nSPS) is 11.7. The molecule has 96 valence electrons. The molecule has 0 aliphatic rings. The summed E-state index contributed by atoms with van der Waals surface area (Å²) in [5, 5.41) is 3.50. The molecular weight excluding hydrogens is 247 g/mol. The molecule has 2 N–H and O–H groups in total. The summed E-state index contributed by atoms with van der Waals surface area (Å²) in [6.07, 6.45) is -5.51. The molecule has 0 bridgehead atoms. The highest BCUT2D eigenvalue weighted by Crippen LogP contribution is 2.25. The Morgan fingerprint density at radius 2 is 1.94 bits per heavy atom. The van der Waals surface area contributed by atoms with Crippen LogP contribution in [-0.2, 0) is 6.42 Å². The molecule has 0 aliphatic heterocycles. The lowest BCUT2D eigenvalue weighted by Gasteiger charge is -2.01. The van der Waals surface area contributed by atoms with Gasteiger partial charge in [-0.1, -0.05) is 17.3 Å². The van der Waals surface area contributed by atoms with Gasteiger partial charge < -0.3 is 10.3 Å². The lowest BCUT2D eigenvalue weighted by Crippen LogP contribution is -2.09. The van der Waals surface area contributed by atoms with Crippen molar-refractivity contribution in [2.75, 3.05) is 5.73 Å². The number of aryl methyl sites for hydroxylation is 1. The zero-order valence-corrected chi connectivity index (χ0v) is 9.24. The Morgan fingerprint density at radius 3 is 2.61 bits per heavy atom. The number of nitrogen functional groups attached to an aromatic ring is 1. The third-order valence-corrected chi connectivity index (χ3v) is 2.29. The second-order valence-electron chi connectivity index (χ2n) is 3.72. The van der Waals surface area contributed by atoms with Gasteiger partial charge in [0.2, 0.25) is 0 Å². The summed E-state index contributed by atoms with van der Waals surface area (Å²) in [5.74, 6) is 0.149. The van der Waals surface area contributed by atoms with Crippen LogP contribution in [0.3, 0.4) is 0 Å². The molecule has 7 heteroatoms. The van der Waals surface area contributed by atoms with Crippen LogP contribution in [0.5, 0.6) is 0 Å². The van der Waals surface area contributed by atoms with Crippen LogP contribution in [0.25, 0.3) is 11.5 Å². The summed E-state index contributed by atoms with van der Waals surface area (Å²) >= 11 is 0. The number of halogens is 3. The number of aromatic nitrogens is 2. The molecule has 1 heterocycles. The summed E-state index contributed by atoms with van der Waals surface area (Å²) in [7, 11) is 0. The van der Waals surface area contributed by atoms with Crippen LogP contribution < -0.4 is 5.73 Å². The Hall–Kier alpha value is -2.05. The zero-order valence-electron chi connectivity index (χ0n) is 9.24. The maximum Gasteiger partial charge on any atom is 0.389 e. The van der Waals surface area contributed by atoms with E-state index in [1.165, 1.54) is 0 Å². The van der Waals surface area contributed by atoms with Crippen LogP contribution in [0.4, 0.5) is 18.9 Å². The number of nitrogens with two attached hydrogens (primary N) is 1. The molecule has 1 aromatic carbocycles. The van der Waals surface area contributed by atoms with Crippen LogP contribution in [0.1, 0.15) is 12.2 Å². The van der Waals surface area contributed by atoms with E-state index in [2.05, 4.69) is 10.1 Å². The number of anilines is 1. The van der Waals surface area contributed by atoms with E-state index in [1.807, 2.05) is 0 Å². The number of hydrogen-bond donors (Lipinski definition) is 1. The predicted octanol–water partition coefficient (Wildman–Crippen LogP) is 2.81. The first-order valence-corrected chi connectivity index (χ1v) is 5.20. The van der Waals surface area contributed by atoms with Crippen molar-refractivity contribution in [3.05, 3.63) is 30.1 Å². The van der Waals surface area contributed by atoms with Gasteiger partial charge in [0.1, 0.15) is 0 Å². The van der Waals surface area contributed by atoms with Gasteiger partial charge in [-0.25, -0.2) is 0 Å². The third kappa shape index (κ3) is 2.99. The molecule has 2 aromatic rings. The number of para-hydroxylation sites is 1. The van der Waals surface area contributed by atoms with Crippen molar-refractivity contribution in [1.29, 1.82) is 0 Å². The van der Waals surface area contributed by atoms with E-state index in [9.17, 15) is 13.2 Å². The highest BCUT2D eigenvalue weighted by atomic mass is 19.4. The molecule has 0 spiro atoms. The average molecular weight is 257 g/mol. The van der Waals surface area contributed by atoms with Crippen molar-refractivity contribution in [1.82, 2.24) is 10.1 Å². The predicted molar refractivity (Wildman–Crippen MR) is 58.5 cm³/mol. The molecule has 18 heavy (non-hydrogen) atoms. The molecule has 2 rings (SSSR count). The quantitative estimate of drug-likeness (QED) is 0.858. The Balaban J connectivity index is 2.14. The largest absolute Gasteiger partial charge is 0.398 e. The fourth-order valence-corrected chi connectivity index (χ4v) is 1.41. The summed E-state index contributed by atoms with van der Waals surface area (Å²) in [4.78, 5) is 3.89. The first kappa shape index (κ1) is 12.4. The second-order valence-corrected chi connectivity index (χ2v) is 3.72. The van der Waals surface area contributed by atoms with Crippen molar-refractivity contribution in [2.24, 2.45) is 0 Å². The topological polar surface area (TPSA) is 64.9 Å². The minimum absolute atomic E-state index is 0.0191. The maximum absolute atomic E-state index is 12.0. The number of hydrogen-bond acceptors (Lipinski definition) is 4. The summed E-state index contributed by atoms with van der Waals surface area (Å²) in [6, 6.07) is 6.77. The maximum atomic E-state index is 12.0. The molecule has 0 atom stereocenters. The molecule has 0 aliphatic carbocycles. The highest BCUT2D eigenvalue weighted by molar-refractivity contribution is 5.69. The monoisotopic (exact) mass is 257 g/mol. The van der Waals surface area contributed by atoms with Gasteiger partial charge in [0.25, 0.3) is 5.89 Å². The first-order chi connectivity index (χ1) is 8.46. The molecule has 0 amide bonds. The van der Waals surface area contributed by atoms with Gasteiger partial charge in [0.05, 0.1) is 12.0 Å². The number of nitrogens with zero attached hydrogens (tertiary/aromatic N) is 2. The van der Waals surface area contributed by atoms with Gasteiger partial charge in [0.15, 0.2) is 5.82 Å². The lowest BCUT2D eigenvalue weighted by molar-refractivity contribution is -0.134. The molecule has 0 saturated heterocycles. The molecule has 0 fully saturated rings. The fraction of sp³-hybridized carbons (Fsp3) is 0.273. The van der Waals surface area contributed by atoms with Crippen LogP contribution in [0.2, 0.25) is 0 Å². The van der Waals surface area contributed by atoms with Gasteiger partial charge in [-0.2, -0.15) is 18.2 Å². The van der Waals surface area contributed by atoms with Crippen molar-refractivity contribution >= 4 is 5.69 Å². The Morgan fingerprint density at radius 1 is 1.22 bits per heavy atom. The smallest absolute Gasteiger partial charge is 0.389 e. The summed E-state index contributed by atoms with van der Waals surface area (Å²) in [5.41, 5.74) is 6.65. The summed E-state index contributed by atoms with van der Waals surface area (Å²) in [6.45, 7) is 0. The van der Waals surface area contributed by atoms with Crippen molar-refractivity contribution in [3.8, 4) is 11.5 Å². The Labute approximate surface area is 101 Å². The Bertz CT molecular complexity index is 536. The molecule has 1 aromatic heterocycles. The van der Waals surface area contributed by atoms with Crippen molar-refractivity contribution < 1.29 is 17.7 Å². The van der Waals surface area contributed by atoms with Gasteiger partial charge >= 0.3 is 6.18 Å². The van der Waals surface area contributed by atoms with E-state index in [0.29, 0.717) is 11.3 Å². The van der Waals surface area contributed by atoms with E-state index >= 15 is 0 Å². The molecule has 0 saturated carbocycles. The Kier molecular flexibility index (Phi) is 3.22. The van der Waals surface area contributed by atoms with Crippen molar-refractivity contribution in [2.45, 2.75) is 19.0 Å². The second kappa shape index (κ2) is 4.67. The van der Waals surface area contributed by atoms with Gasteiger partial charge in [-0.15, -0.1) is 0 Å². The third-order valence-electron chi connectivity index (χ3n) is 2.29. The van der Waals surface area contributed by atoms with E-state index in [4.69, 9.17) is 10.3 Å². The van der Waals surface area contributed by atoms with Gasteiger partial charge in [-0.05, 0) is 12.1 Å². The molecule has 0 radical (unpaired) electrons. The van der Waals surface area contributed by atoms with E-state index in [-0.39, 0.29) is 18.1 Å². The number of rotatable bonds is 3. The van der Waals surface area contributed by atoms with Crippen LogP contribution >= 0.6 is 0 Å². The minimum Gasteiger partial charge on any atom is -0.398 e. The van der Waals surface area contributed by atoms with Crippen LogP contribution in [-0.4, -0.2) is 16.3 Å². The zero-order chi connectivity index (χ0) is 13.2. The van der Waals surface area contributed by atoms with Gasteiger partial charge in [-0.3, -0.25) is 0 Å². The van der Waals surface area contributed by atoms with E-state index in [1.54, 1.807) is 24.3 Å².